The van der Waals surface area contributed by atoms with Gasteiger partial charge in [-0.2, -0.15) is 0 Å². The molecule has 0 aromatic heterocycles. The third-order valence-corrected chi connectivity index (χ3v) is 4.40. The highest BCUT2D eigenvalue weighted by Gasteiger charge is 2.54. The van der Waals surface area contributed by atoms with Crippen LogP contribution in [0.3, 0.4) is 0 Å². The molecule has 2 fully saturated rings. The number of piperidine rings is 1. The predicted octanol–water partition coefficient (Wildman–Crippen LogP) is -0.245. The zero-order chi connectivity index (χ0) is 12.6. The molecule has 0 aliphatic carbocycles. The van der Waals surface area contributed by atoms with E-state index in [0.717, 1.165) is 25.9 Å². The van der Waals surface area contributed by atoms with Gasteiger partial charge in [-0.3, -0.25) is 9.69 Å². The van der Waals surface area contributed by atoms with Crippen molar-refractivity contribution in [2.75, 3.05) is 26.8 Å². The summed E-state index contributed by atoms with van der Waals surface area (Å²) in [6.45, 7) is 2.72. The summed E-state index contributed by atoms with van der Waals surface area (Å²) in [6, 6.07) is 10.4. The van der Waals surface area contributed by atoms with Crippen LogP contribution in [0.4, 0.5) is 5.69 Å². The van der Waals surface area contributed by atoms with Crippen LogP contribution in [0.15, 0.2) is 30.3 Å². The van der Waals surface area contributed by atoms with Crippen LogP contribution in [0.1, 0.15) is 12.8 Å². The first-order valence-corrected chi connectivity index (χ1v) is 6.61. The number of hydrogen-bond donors (Lipinski definition) is 2. The molecule has 1 spiro atoms. The van der Waals surface area contributed by atoms with E-state index in [9.17, 15) is 4.79 Å². The summed E-state index contributed by atoms with van der Waals surface area (Å²) >= 11 is 0. The molecule has 1 unspecified atom stereocenters. The number of hydrogen-bond acceptors (Lipinski definition) is 2. The second-order valence-corrected chi connectivity index (χ2v) is 5.41. The van der Waals surface area contributed by atoms with Crippen LogP contribution in [0.25, 0.3) is 0 Å². The van der Waals surface area contributed by atoms with Crippen LogP contribution in [0.2, 0.25) is 0 Å². The zero-order valence-electron chi connectivity index (χ0n) is 10.8. The lowest BCUT2D eigenvalue weighted by Crippen LogP contribution is -3.15. The van der Waals surface area contributed by atoms with E-state index in [1.54, 1.807) is 0 Å². The molecule has 2 heterocycles. The number of likely N-dealkylation sites (tertiary alicyclic amines) is 1. The van der Waals surface area contributed by atoms with E-state index in [2.05, 4.69) is 29.4 Å². The lowest BCUT2D eigenvalue weighted by Gasteiger charge is -2.38. The fourth-order valence-electron chi connectivity index (χ4n) is 3.19. The number of para-hydroxylation sites is 1. The van der Waals surface area contributed by atoms with E-state index in [1.165, 1.54) is 10.6 Å². The summed E-state index contributed by atoms with van der Waals surface area (Å²) in [7, 11) is 2.13. The fraction of sp³-hybridized carbons (Fsp3) is 0.500. The van der Waals surface area contributed by atoms with Gasteiger partial charge in [-0.05, 0) is 19.2 Å². The van der Waals surface area contributed by atoms with Crippen molar-refractivity contribution in [3.05, 3.63) is 30.3 Å². The van der Waals surface area contributed by atoms with Crippen molar-refractivity contribution in [1.82, 2.24) is 10.2 Å². The molecule has 2 saturated heterocycles. The van der Waals surface area contributed by atoms with Gasteiger partial charge in [0.15, 0.2) is 12.2 Å². The van der Waals surface area contributed by atoms with E-state index < -0.39 is 0 Å². The van der Waals surface area contributed by atoms with Crippen molar-refractivity contribution in [3.63, 3.8) is 0 Å². The SMILES string of the molecule is CN1CCC2(CC1)C(=O)NC[NH+]2c1ccccc1. The number of amides is 1. The maximum Gasteiger partial charge on any atom is 0.286 e. The Morgan fingerprint density at radius 3 is 2.56 bits per heavy atom. The molecule has 4 nitrogen and oxygen atoms in total. The summed E-state index contributed by atoms with van der Waals surface area (Å²) in [4.78, 5) is 15.9. The van der Waals surface area contributed by atoms with Crippen molar-refractivity contribution in [3.8, 4) is 0 Å². The molecule has 0 radical (unpaired) electrons. The topological polar surface area (TPSA) is 36.8 Å². The molecule has 2 aliphatic rings. The van der Waals surface area contributed by atoms with Crippen LogP contribution in [0, 0.1) is 0 Å². The largest absolute Gasteiger partial charge is 0.306 e. The minimum atomic E-state index is -0.242. The third-order valence-electron chi connectivity index (χ3n) is 4.40. The normalized spacial score (nSPS) is 27.4. The van der Waals surface area contributed by atoms with Gasteiger partial charge in [0.05, 0.1) is 0 Å². The number of rotatable bonds is 1. The van der Waals surface area contributed by atoms with Crippen LogP contribution in [0.5, 0.6) is 0 Å². The van der Waals surface area contributed by atoms with Crippen molar-refractivity contribution >= 4 is 11.6 Å². The number of nitrogens with zero attached hydrogens (tertiary/aromatic N) is 1. The molecule has 4 heteroatoms. The molecule has 1 aromatic rings. The molecule has 3 rings (SSSR count). The summed E-state index contributed by atoms with van der Waals surface area (Å²) in [5.74, 6) is 0.231. The molecule has 2 N–H and O–H groups in total. The van der Waals surface area contributed by atoms with Gasteiger partial charge in [-0.1, -0.05) is 18.2 Å². The zero-order valence-corrected chi connectivity index (χ0v) is 10.8. The standard InChI is InChI=1S/C14H19N3O/c1-16-9-7-14(8-10-16)13(18)15-11-17(14)12-5-3-2-4-6-12/h2-6H,7-11H2,1H3,(H,15,18)/p+1. The molecule has 18 heavy (non-hydrogen) atoms. The van der Waals surface area contributed by atoms with Gasteiger partial charge in [0.25, 0.3) is 5.91 Å². The Balaban J connectivity index is 1.93. The van der Waals surface area contributed by atoms with Crippen molar-refractivity contribution in [2.24, 2.45) is 0 Å². The summed E-state index contributed by atoms with van der Waals surface area (Å²) in [5.41, 5.74) is 0.980. The van der Waals surface area contributed by atoms with Crippen molar-refractivity contribution in [1.29, 1.82) is 0 Å². The molecular weight excluding hydrogens is 226 g/mol. The molecule has 1 aromatic carbocycles. The molecular formula is C14H20N3O+. The lowest BCUT2D eigenvalue weighted by atomic mass is 9.86. The van der Waals surface area contributed by atoms with Gasteiger partial charge >= 0.3 is 0 Å². The Hall–Kier alpha value is -1.39. The second kappa shape index (κ2) is 4.37. The first kappa shape index (κ1) is 11.7. The maximum atomic E-state index is 12.3. The van der Waals surface area contributed by atoms with E-state index in [1.807, 2.05) is 18.2 Å². The number of carbonyl (C=O) groups excluding carboxylic acids is 1. The van der Waals surface area contributed by atoms with Gasteiger partial charge < -0.3 is 10.2 Å². The first-order valence-electron chi connectivity index (χ1n) is 6.61. The molecule has 2 aliphatic heterocycles. The maximum absolute atomic E-state index is 12.3. The summed E-state index contributed by atoms with van der Waals surface area (Å²) in [5, 5.41) is 3.05. The van der Waals surface area contributed by atoms with Gasteiger partial charge in [0, 0.05) is 25.9 Å². The molecule has 0 bridgehead atoms. The summed E-state index contributed by atoms with van der Waals surface area (Å²) < 4.78 is 0. The Labute approximate surface area is 108 Å². The quantitative estimate of drug-likeness (QED) is 0.717. The average molecular weight is 246 g/mol. The first-order chi connectivity index (χ1) is 8.72. The highest BCUT2D eigenvalue weighted by Crippen LogP contribution is 2.23. The van der Waals surface area contributed by atoms with Crippen LogP contribution >= 0.6 is 0 Å². The van der Waals surface area contributed by atoms with Crippen molar-refractivity contribution in [2.45, 2.75) is 18.4 Å². The highest BCUT2D eigenvalue weighted by atomic mass is 16.2. The molecule has 0 saturated carbocycles. The minimum Gasteiger partial charge on any atom is -0.306 e. The van der Waals surface area contributed by atoms with E-state index >= 15 is 0 Å². The van der Waals surface area contributed by atoms with Crippen LogP contribution < -0.4 is 10.2 Å². The summed E-state index contributed by atoms with van der Waals surface area (Å²) in [6.07, 6.45) is 1.89. The third kappa shape index (κ3) is 1.72. The minimum absolute atomic E-state index is 0.231. The number of quaternary nitrogens is 1. The van der Waals surface area contributed by atoms with Gasteiger partial charge in [-0.15, -0.1) is 0 Å². The Bertz CT molecular complexity index is 438. The van der Waals surface area contributed by atoms with E-state index in [-0.39, 0.29) is 11.4 Å². The number of carbonyl (C=O) groups is 1. The van der Waals surface area contributed by atoms with E-state index in [4.69, 9.17) is 0 Å². The van der Waals surface area contributed by atoms with Crippen LogP contribution in [-0.4, -0.2) is 43.2 Å². The van der Waals surface area contributed by atoms with E-state index in [0.29, 0.717) is 6.67 Å². The average Bonchev–Trinajstić information content (AvgIpc) is 2.72. The Morgan fingerprint density at radius 1 is 1.22 bits per heavy atom. The Kier molecular flexibility index (Phi) is 2.84. The van der Waals surface area contributed by atoms with Gasteiger partial charge in [-0.25, -0.2) is 0 Å². The molecule has 96 valence electrons. The highest BCUT2D eigenvalue weighted by molar-refractivity contribution is 5.86. The Morgan fingerprint density at radius 2 is 1.89 bits per heavy atom. The van der Waals surface area contributed by atoms with Crippen molar-refractivity contribution < 1.29 is 9.69 Å². The molecule has 1 atom stereocenters. The number of nitrogens with one attached hydrogen (secondary N) is 2. The smallest absolute Gasteiger partial charge is 0.286 e. The fourth-order valence-corrected chi connectivity index (χ4v) is 3.19. The molecule has 1 amide bonds. The number of benzene rings is 1. The second-order valence-electron chi connectivity index (χ2n) is 5.41. The van der Waals surface area contributed by atoms with Gasteiger partial charge in [0.1, 0.15) is 5.69 Å². The van der Waals surface area contributed by atoms with Crippen LogP contribution in [-0.2, 0) is 4.79 Å². The van der Waals surface area contributed by atoms with Gasteiger partial charge in [0.2, 0.25) is 0 Å². The predicted molar refractivity (Wildman–Crippen MR) is 69.5 cm³/mol. The lowest BCUT2D eigenvalue weighted by molar-refractivity contribution is -0.872. The monoisotopic (exact) mass is 246 g/mol.